The minimum atomic E-state index is -0.292. The Morgan fingerprint density at radius 2 is 1.90 bits per heavy atom. The molecule has 0 bridgehead atoms. The molecule has 0 amide bonds. The lowest BCUT2D eigenvalue weighted by Gasteiger charge is -2.47. The van der Waals surface area contributed by atoms with E-state index in [0.29, 0.717) is 11.7 Å². The number of fused-ring (bicyclic) bond motifs is 3. The van der Waals surface area contributed by atoms with Gasteiger partial charge in [0.05, 0.1) is 6.61 Å². The molecule has 0 saturated heterocycles. The van der Waals surface area contributed by atoms with E-state index < -0.39 is 0 Å². The molecule has 1 aliphatic carbocycles. The second-order valence-electron chi connectivity index (χ2n) is 10.0. The van der Waals surface area contributed by atoms with Crippen molar-refractivity contribution in [1.29, 1.82) is 0 Å². The van der Waals surface area contributed by atoms with E-state index in [9.17, 15) is 10.2 Å². The number of allylic oxidation sites excluding steroid dienone is 1. The quantitative estimate of drug-likeness (QED) is 0.258. The Bertz CT molecular complexity index is 751. The van der Waals surface area contributed by atoms with Gasteiger partial charge >= 0.3 is 0 Å². The summed E-state index contributed by atoms with van der Waals surface area (Å²) >= 11 is 3.50. The van der Waals surface area contributed by atoms with E-state index in [4.69, 9.17) is 4.74 Å². The Morgan fingerprint density at radius 3 is 2.59 bits per heavy atom. The zero-order valence-corrected chi connectivity index (χ0v) is 20.0. The van der Waals surface area contributed by atoms with Crippen LogP contribution >= 0.6 is 15.9 Å². The standard InChI is InChI=1S/C25H37BrO3/c1-24(2,11-7-5-6-8-12-26)18-14-21(28)23-19-13-17(16-27)9-10-20(19)25(3,4)29-22(23)15-18/h9,14-15,19-20,27-28H,5-8,10-13,16H2,1-4H3/t19-,20-/m1/s1. The highest BCUT2D eigenvalue weighted by Crippen LogP contribution is 2.54. The van der Waals surface area contributed by atoms with Gasteiger partial charge in [-0.15, -0.1) is 0 Å². The number of phenolic OH excluding ortho intramolecular Hbond substituents is 1. The van der Waals surface area contributed by atoms with Crippen molar-refractivity contribution in [1.82, 2.24) is 0 Å². The maximum Gasteiger partial charge on any atom is 0.127 e. The average molecular weight is 465 g/mol. The Kier molecular flexibility index (Phi) is 7.05. The molecule has 0 radical (unpaired) electrons. The molecule has 1 aromatic rings. The molecule has 1 aliphatic heterocycles. The largest absolute Gasteiger partial charge is 0.508 e. The molecule has 3 rings (SSSR count). The predicted molar refractivity (Wildman–Crippen MR) is 123 cm³/mol. The van der Waals surface area contributed by atoms with Crippen LogP contribution in [0.3, 0.4) is 0 Å². The Morgan fingerprint density at radius 1 is 1.17 bits per heavy atom. The molecule has 2 aliphatic rings. The van der Waals surface area contributed by atoms with E-state index in [0.717, 1.165) is 47.0 Å². The van der Waals surface area contributed by atoms with Gasteiger partial charge in [-0.1, -0.05) is 55.1 Å². The minimum absolute atomic E-state index is 0.00596. The number of hydrogen-bond acceptors (Lipinski definition) is 3. The minimum Gasteiger partial charge on any atom is -0.508 e. The fraction of sp³-hybridized carbons (Fsp3) is 0.680. The molecule has 0 fully saturated rings. The van der Waals surface area contributed by atoms with Crippen LogP contribution in [0, 0.1) is 5.92 Å². The third-order valence-electron chi connectivity index (χ3n) is 7.06. The maximum atomic E-state index is 11.0. The monoisotopic (exact) mass is 464 g/mol. The smallest absolute Gasteiger partial charge is 0.127 e. The highest BCUT2D eigenvalue weighted by Gasteiger charge is 2.46. The lowest BCUT2D eigenvalue weighted by molar-refractivity contribution is 0.00662. The molecule has 1 aromatic carbocycles. The van der Waals surface area contributed by atoms with Crippen molar-refractivity contribution in [3.8, 4) is 11.5 Å². The van der Waals surface area contributed by atoms with Crippen molar-refractivity contribution in [3.05, 3.63) is 34.9 Å². The van der Waals surface area contributed by atoms with Gasteiger partial charge in [-0.25, -0.2) is 0 Å². The van der Waals surface area contributed by atoms with Gasteiger partial charge in [0, 0.05) is 22.7 Å². The predicted octanol–water partition coefficient (Wildman–Crippen LogP) is 6.60. The first-order chi connectivity index (χ1) is 13.7. The van der Waals surface area contributed by atoms with Gasteiger partial charge in [0.25, 0.3) is 0 Å². The fourth-order valence-electron chi connectivity index (χ4n) is 5.14. The molecule has 2 atom stereocenters. The normalized spacial score (nSPS) is 23.0. The molecule has 2 N–H and O–H groups in total. The van der Waals surface area contributed by atoms with Crippen LogP contribution in [0.2, 0.25) is 0 Å². The number of hydrogen-bond donors (Lipinski definition) is 2. The Balaban J connectivity index is 1.87. The van der Waals surface area contributed by atoms with Gasteiger partial charge in [0.2, 0.25) is 0 Å². The van der Waals surface area contributed by atoms with E-state index in [2.05, 4.69) is 55.8 Å². The zero-order chi connectivity index (χ0) is 21.2. The lowest BCUT2D eigenvalue weighted by atomic mass is 9.66. The number of phenols is 1. The van der Waals surface area contributed by atoms with Gasteiger partial charge in [0.15, 0.2) is 0 Å². The number of halogens is 1. The summed E-state index contributed by atoms with van der Waals surface area (Å²) in [7, 11) is 0. The van der Waals surface area contributed by atoms with E-state index in [1.165, 1.54) is 25.7 Å². The summed E-state index contributed by atoms with van der Waals surface area (Å²) in [5, 5.41) is 21.8. The van der Waals surface area contributed by atoms with Crippen molar-refractivity contribution in [3.63, 3.8) is 0 Å². The summed E-state index contributed by atoms with van der Waals surface area (Å²) in [6.07, 6.45) is 9.86. The van der Waals surface area contributed by atoms with Crippen molar-refractivity contribution in [2.24, 2.45) is 5.92 Å². The second kappa shape index (κ2) is 9.01. The molecule has 162 valence electrons. The third kappa shape index (κ3) is 4.85. The molecule has 29 heavy (non-hydrogen) atoms. The second-order valence-corrected chi connectivity index (χ2v) is 10.8. The average Bonchev–Trinajstić information content (AvgIpc) is 2.66. The Hall–Kier alpha value is -1.00. The Labute approximate surface area is 184 Å². The molecule has 3 nitrogen and oxygen atoms in total. The molecule has 1 heterocycles. The van der Waals surface area contributed by atoms with Crippen LogP contribution in [0.25, 0.3) is 0 Å². The molecular formula is C25H37BrO3. The topological polar surface area (TPSA) is 49.7 Å². The zero-order valence-electron chi connectivity index (χ0n) is 18.4. The number of aliphatic hydroxyl groups is 1. The van der Waals surface area contributed by atoms with Crippen LogP contribution in [0.4, 0.5) is 0 Å². The highest BCUT2D eigenvalue weighted by molar-refractivity contribution is 9.09. The van der Waals surface area contributed by atoms with Crippen molar-refractivity contribution in [2.75, 3.05) is 11.9 Å². The van der Waals surface area contributed by atoms with E-state index in [-0.39, 0.29) is 23.5 Å². The van der Waals surface area contributed by atoms with Gasteiger partial charge in [0.1, 0.15) is 17.1 Å². The van der Waals surface area contributed by atoms with Crippen LogP contribution in [-0.4, -0.2) is 27.8 Å². The fourth-order valence-corrected chi connectivity index (χ4v) is 5.54. The number of rotatable bonds is 8. The van der Waals surface area contributed by atoms with E-state index in [1.54, 1.807) is 0 Å². The van der Waals surface area contributed by atoms with Gasteiger partial charge in [-0.2, -0.15) is 0 Å². The van der Waals surface area contributed by atoms with Crippen molar-refractivity contribution in [2.45, 2.75) is 89.6 Å². The lowest BCUT2D eigenvalue weighted by Crippen LogP contribution is -2.45. The summed E-state index contributed by atoms with van der Waals surface area (Å²) in [6, 6.07) is 4.13. The van der Waals surface area contributed by atoms with Crippen LogP contribution in [0.15, 0.2) is 23.8 Å². The highest BCUT2D eigenvalue weighted by atomic mass is 79.9. The SMILES string of the molecule is CC(C)(CCCCCCBr)c1cc(O)c2c(c1)OC(C)(C)[C@@H]1CC=C(CO)C[C@@H]21. The van der Waals surface area contributed by atoms with Crippen LogP contribution in [0.1, 0.15) is 89.7 Å². The summed E-state index contributed by atoms with van der Waals surface area (Å²) in [5.74, 6) is 1.69. The summed E-state index contributed by atoms with van der Waals surface area (Å²) in [6.45, 7) is 8.94. The molecule has 0 saturated carbocycles. The third-order valence-corrected chi connectivity index (χ3v) is 7.62. The van der Waals surface area contributed by atoms with Crippen LogP contribution < -0.4 is 4.74 Å². The molecular weight excluding hydrogens is 428 g/mol. The van der Waals surface area contributed by atoms with Gasteiger partial charge < -0.3 is 14.9 Å². The van der Waals surface area contributed by atoms with Gasteiger partial charge in [-0.3, -0.25) is 0 Å². The molecule has 0 unspecified atom stereocenters. The number of aliphatic hydroxyl groups excluding tert-OH is 1. The van der Waals surface area contributed by atoms with Gasteiger partial charge in [-0.05, 0) is 68.2 Å². The van der Waals surface area contributed by atoms with Crippen LogP contribution in [-0.2, 0) is 5.41 Å². The maximum absolute atomic E-state index is 11.0. The van der Waals surface area contributed by atoms with E-state index >= 15 is 0 Å². The number of unbranched alkanes of at least 4 members (excludes halogenated alkanes) is 3. The number of alkyl halides is 1. The molecule has 0 aromatic heterocycles. The number of aromatic hydroxyl groups is 1. The first-order valence-corrected chi connectivity index (χ1v) is 12.2. The first-order valence-electron chi connectivity index (χ1n) is 11.1. The first kappa shape index (κ1) is 22.7. The van der Waals surface area contributed by atoms with E-state index in [1.807, 2.05) is 6.07 Å². The number of benzene rings is 1. The number of ether oxygens (including phenoxy) is 1. The summed E-state index contributed by atoms with van der Waals surface area (Å²) in [5.41, 5.74) is 2.86. The van der Waals surface area contributed by atoms with Crippen molar-refractivity contribution < 1.29 is 14.9 Å². The summed E-state index contributed by atoms with van der Waals surface area (Å²) < 4.78 is 6.47. The molecule has 4 heteroatoms. The molecule has 0 spiro atoms. The van der Waals surface area contributed by atoms with Crippen molar-refractivity contribution >= 4 is 15.9 Å². The summed E-state index contributed by atoms with van der Waals surface area (Å²) in [4.78, 5) is 0. The van der Waals surface area contributed by atoms with Crippen LogP contribution in [0.5, 0.6) is 11.5 Å².